The molecule has 1 unspecified atom stereocenters. The van der Waals surface area contributed by atoms with E-state index in [1.165, 1.54) is 6.92 Å². The minimum atomic E-state index is -1.16. The second kappa shape index (κ2) is 6.75. The summed E-state index contributed by atoms with van der Waals surface area (Å²) in [5.41, 5.74) is 0. The van der Waals surface area contributed by atoms with Gasteiger partial charge < -0.3 is 9.84 Å². The average molecular weight is 214 g/mol. The van der Waals surface area contributed by atoms with Gasteiger partial charge in [0.25, 0.3) is 0 Å². The van der Waals surface area contributed by atoms with Crippen molar-refractivity contribution in [1.82, 2.24) is 0 Å². The maximum absolute atomic E-state index is 11.0. The molecule has 5 nitrogen and oxygen atoms in total. The highest BCUT2D eigenvalue weighted by Gasteiger charge is 2.07. The van der Waals surface area contributed by atoms with Crippen molar-refractivity contribution in [2.45, 2.75) is 32.8 Å². The molecule has 1 N–H and O–H groups in total. The molecule has 0 amide bonds. The van der Waals surface area contributed by atoms with Gasteiger partial charge in [0.1, 0.15) is 0 Å². The van der Waals surface area contributed by atoms with Gasteiger partial charge >= 0.3 is 11.9 Å². The lowest BCUT2D eigenvalue weighted by Crippen LogP contribution is -2.13. The minimum absolute atomic E-state index is 0.165. The predicted molar refractivity (Wildman–Crippen MR) is 52.2 cm³/mol. The molecule has 15 heavy (non-hydrogen) atoms. The number of hydrogen-bond acceptors (Lipinski definition) is 4. The van der Waals surface area contributed by atoms with Crippen LogP contribution in [0, 0.1) is 0 Å². The molecule has 0 bridgehead atoms. The number of hydrogen-bond donors (Lipinski definition) is 1. The van der Waals surface area contributed by atoms with E-state index in [0.29, 0.717) is 6.42 Å². The van der Waals surface area contributed by atoms with Gasteiger partial charge in [-0.25, -0.2) is 4.79 Å². The lowest BCUT2D eigenvalue weighted by molar-refractivity contribution is -0.146. The maximum Gasteiger partial charge on any atom is 0.328 e. The maximum atomic E-state index is 11.0. The van der Waals surface area contributed by atoms with Crippen molar-refractivity contribution >= 4 is 17.7 Å². The summed E-state index contributed by atoms with van der Waals surface area (Å²) in [6, 6.07) is 0. The first-order valence-corrected chi connectivity index (χ1v) is 4.53. The summed E-state index contributed by atoms with van der Waals surface area (Å²) in [6.07, 6.45) is 2.02. The Hall–Kier alpha value is -1.65. The van der Waals surface area contributed by atoms with Crippen LogP contribution in [-0.4, -0.2) is 28.9 Å². The highest BCUT2D eigenvalue weighted by atomic mass is 16.5. The molecule has 0 spiro atoms. The molecule has 0 fully saturated rings. The topological polar surface area (TPSA) is 80.7 Å². The monoisotopic (exact) mass is 214 g/mol. The molecule has 0 aliphatic rings. The Morgan fingerprint density at radius 1 is 1.33 bits per heavy atom. The Morgan fingerprint density at radius 3 is 2.40 bits per heavy atom. The van der Waals surface area contributed by atoms with Crippen LogP contribution in [-0.2, 0) is 19.1 Å². The van der Waals surface area contributed by atoms with Crippen molar-refractivity contribution < 1.29 is 24.2 Å². The van der Waals surface area contributed by atoms with Crippen molar-refractivity contribution in [1.29, 1.82) is 0 Å². The van der Waals surface area contributed by atoms with Gasteiger partial charge in [0.2, 0.25) is 0 Å². The number of carboxylic acids is 1. The molecule has 1 atom stereocenters. The summed E-state index contributed by atoms with van der Waals surface area (Å²) in [7, 11) is 0. The quantitative estimate of drug-likeness (QED) is 0.525. The molecule has 0 aromatic rings. The van der Waals surface area contributed by atoms with Crippen LogP contribution in [0.4, 0.5) is 0 Å². The molecule has 84 valence electrons. The number of aliphatic carboxylic acids is 1. The molecular formula is C10H14O5. The summed E-state index contributed by atoms with van der Waals surface area (Å²) >= 11 is 0. The molecule has 0 aromatic heterocycles. The van der Waals surface area contributed by atoms with Gasteiger partial charge in [-0.1, -0.05) is 0 Å². The molecule has 0 aliphatic heterocycles. The second-order valence-electron chi connectivity index (χ2n) is 3.10. The number of allylic oxidation sites excluding steroid dienone is 1. The molecule has 0 radical (unpaired) electrons. The fourth-order valence-electron chi connectivity index (χ4n) is 0.935. The first-order chi connectivity index (χ1) is 6.91. The van der Waals surface area contributed by atoms with Gasteiger partial charge in [-0.3, -0.25) is 9.59 Å². The van der Waals surface area contributed by atoms with Gasteiger partial charge in [-0.05, 0) is 19.4 Å². The second-order valence-corrected chi connectivity index (χ2v) is 3.10. The van der Waals surface area contributed by atoms with Crippen molar-refractivity contribution in [2.75, 3.05) is 0 Å². The average Bonchev–Trinajstić information content (AvgIpc) is 2.10. The third-order valence-corrected chi connectivity index (χ3v) is 1.58. The number of rotatable bonds is 6. The first-order valence-electron chi connectivity index (χ1n) is 4.53. The molecular weight excluding hydrogens is 200 g/mol. The van der Waals surface area contributed by atoms with Gasteiger partial charge in [0.05, 0.1) is 6.10 Å². The molecule has 0 heterocycles. The standard InChI is InChI=1S/C10H14O5/c1-7(15-8(2)11)3-4-9(12)5-6-10(13)14/h5-7H,3-4H2,1-2H3,(H,13,14). The summed E-state index contributed by atoms with van der Waals surface area (Å²) in [4.78, 5) is 31.6. The van der Waals surface area contributed by atoms with Crippen molar-refractivity contribution in [3.63, 3.8) is 0 Å². The van der Waals surface area contributed by atoms with Crippen LogP contribution in [0.2, 0.25) is 0 Å². The zero-order valence-electron chi connectivity index (χ0n) is 8.73. The lowest BCUT2D eigenvalue weighted by Gasteiger charge is -2.09. The first kappa shape index (κ1) is 13.4. The largest absolute Gasteiger partial charge is 0.478 e. The number of carbonyl (C=O) groups is 3. The lowest BCUT2D eigenvalue weighted by atomic mass is 10.1. The van der Waals surface area contributed by atoms with Crippen molar-refractivity contribution in [3.8, 4) is 0 Å². The highest BCUT2D eigenvalue weighted by molar-refractivity contribution is 5.95. The van der Waals surface area contributed by atoms with E-state index in [1.807, 2.05) is 0 Å². The Balaban J connectivity index is 3.80. The van der Waals surface area contributed by atoms with Crippen molar-refractivity contribution in [3.05, 3.63) is 12.2 Å². The van der Waals surface area contributed by atoms with Crippen LogP contribution in [0.15, 0.2) is 12.2 Å². The number of ketones is 1. The highest BCUT2D eigenvalue weighted by Crippen LogP contribution is 2.03. The van der Waals surface area contributed by atoms with E-state index in [1.54, 1.807) is 6.92 Å². The van der Waals surface area contributed by atoms with Gasteiger partial charge in [0, 0.05) is 19.4 Å². The van der Waals surface area contributed by atoms with E-state index < -0.39 is 11.9 Å². The van der Waals surface area contributed by atoms with E-state index in [9.17, 15) is 14.4 Å². The number of carbonyl (C=O) groups excluding carboxylic acids is 2. The van der Waals surface area contributed by atoms with E-state index >= 15 is 0 Å². The van der Waals surface area contributed by atoms with Crippen molar-refractivity contribution in [2.24, 2.45) is 0 Å². The van der Waals surface area contributed by atoms with Crippen LogP contribution in [0.1, 0.15) is 26.7 Å². The van der Waals surface area contributed by atoms with Crippen LogP contribution in [0.3, 0.4) is 0 Å². The smallest absolute Gasteiger partial charge is 0.328 e. The Labute approximate surface area is 87.7 Å². The molecule has 5 heteroatoms. The normalized spacial score (nSPS) is 12.4. The Kier molecular flexibility index (Phi) is 6.01. The number of ether oxygens (including phenoxy) is 1. The Bertz CT molecular complexity index is 280. The van der Waals surface area contributed by atoms with Crippen LogP contribution >= 0.6 is 0 Å². The SMILES string of the molecule is CC(=O)OC(C)CCC(=O)C=CC(=O)O. The Morgan fingerprint density at radius 2 is 1.93 bits per heavy atom. The summed E-state index contributed by atoms with van der Waals surface area (Å²) in [5, 5.41) is 8.25. The summed E-state index contributed by atoms with van der Waals surface area (Å²) in [5.74, 6) is -1.84. The third-order valence-electron chi connectivity index (χ3n) is 1.58. The number of carboxylic acid groups (broad SMARTS) is 1. The minimum Gasteiger partial charge on any atom is -0.478 e. The number of esters is 1. The van der Waals surface area contributed by atoms with E-state index in [0.717, 1.165) is 12.2 Å². The van der Waals surface area contributed by atoms with E-state index in [2.05, 4.69) is 0 Å². The van der Waals surface area contributed by atoms with Gasteiger partial charge in [0.15, 0.2) is 5.78 Å². The molecule has 0 saturated heterocycles. The van der Waals surface area contributed by atoms with Gasteiger partial charge in [-0.2, -0.15) is 0 Å². The zero-order chi connectivity index (χ0) is 11.8. The fourth-order valence-corrected chi connectivity index (χ4v) is 0.935. The zero-order valence-corrected chi connectivity index (χ0v) is 8.73. The molecule has 0 rings (SSSR count). The van der Waals surface area contributed by atoms with Crippen LogP contribution < -0.4 is 0 Å². The third kappa shape index (κ3) is 8.67. The molecule has 0 aromatic carbocycles. The molecule has 0 saturated carbocycles. The van der Waals surface area contributed by atoms with Gasteiger partial charge in [-0.15, -0.1) is 0 Å². The predicted octanol–water partition coefficient (Wildman–Crippen LogP) is 0.928. The summed E-state index contributed by atoms with van der Waals surface area (Å²) < 4.78 is 4.79. The van der Waals surface area contributed by atoms with Crippen LogP contribution in [0.25, 0.3) is 0 Å². The fraction of sp³-hybridized carbons (Fsp3) is 0.500. The van der Waals surface area contributed by atoms with Crippen LogP contribution in [0.5, 0.6) is 0 Å². The van der Waals surface area contributed by atoms with E-state index in [-0.39, 0.29) is 18.3 Å². The molecule has 0 aliphatic carbocycles. The summed E-state index contributed by atoms with van der Waals surface area (Å²) in [6.45, 7) is 2.97. The van der Waals surface area contributed by atoms with E-state index in [4.69, 9.17) is 9.84 Å².